The van der Waals surface area contributed by atoms with Gasteiger partial charge < -0.3 is 15.0 Å². The molecule has 0 aromatic heterocycles. The Morgan fingerprint density at radius 3 is 2.46 bits per heavy atom. The highest BCUT2D eigenvalue weighted by atomic mass is 35.5. The van der Waals surface area contributed by atoms with E-state index in [9.17, 15) is 23.3 Å². The molecule has 3 heterocycles. The second kappa shape index (κ2) is 19.4. The van der Waals surface area contributed by atoms with Gasteiger partial charge in [0.25, 0.3) is 21.6 Å². The number of piperazine rings is 1. The van der Waals surface area contributed by atoms with Crippen LogP contribution in [0.4, 0.5) is 17.1 Å². The number of benzene rings is 5. The lowest BCUT2D eigenvalue weighted by molar-refractivity contribution is -0.384. The molecule has 8 rings (SSSR count). The van der Waals surface area contributed by atoms with Crippen LogP contribution >= 0.6 is 23.4 Å². The number of aryl methyl sites for hydroxylation is 1. The van der Waals surface area contributed by atoms with E-state index in [1.54, 1.807) is 23.9 Å². The van der Waals surface area contributed by atoms with Crippen molar-refractivity contribution < 1.29 is 22.9 Å². The van der Waals surface area contributed by atoms with Crippen molar-refractivity contribution in [3.05, 3.63) is 147 Å². The first-order valence-corrected chi connectivity index (χ1v) is 23.5. The van der Waals surface area contributed by atoms with Crippen LogP contribution in [-0.4, -0.2) is 99.4 Å². The van der Waals surface area contributed by atoms with E-state index in [4.69, 9.17) is 16.3 Å². The van der Waals surface area contributed by atoms with Gasteiger partial charge in [-0.05, 0) is 96.1 Å². The molecule has 5 aromatic carbocycles. The maximum atomic E-state index is 13.6. The fourth-order valence-electron chi connectivity index (χ4n) is 8.45. The van der Waals surface area contributed by atoms with E-state index in [0.717, 1.165) is 86.4 Å². The van der Waals surface area contributed by atoms with Crippen molar-refractivity contribution in [2.45, 2.75) is 47.7 Å². The standard InChI is InChI=1S/C46H49ClN6O6S2/c47-37-14-10-33(11-15-37)42-9-5-4-6-36(42)30-51-22-23-52-39(31-51)16-12-34-28-35(13-19-44(34)52)46(54)49-61(57,58)41-17-18-43(45(29-41)53(55)56)48-38(20-21-50-24-26-59-27-25-50)32-60-40-7-2-1-3-8-40/h1-11,13-15,17-19,28-29,38-39,48H,12,16,20-27,30-32H2,(H,49,54)/t38-,39-/m0/s1. The van der Waals surface area contributed by atoms with Crippen LogP contribution in [-0.2, 0) is 27.7 Å². The molecule has 12 nitrogen and oxygen atoms in total. The van der Waals surface area contributed by atoms with Crippen LogP contribution in [0.2, 0.25) is 5.02 Å². The number of nitro benzene ring substituents is 1. The molecule has 3 aliphatic heterocycles. The van der Waals surface area contributed by atoms with Gasteiger partial charge in [-0.3, -0.25) is 24.7 Å². The molecule has 0 unspecified atom stereocenters. The number of nitrogens with one attached hydrogen (secondary N) is 2. The molecule has 15 heteroatoms. The number of halogens is 1. The second-order valence-corrected chi connectivity index (χ2v) is 18.9. The molecule has 2 fully saturated rings. The molecule has 2 saturated heterocycles. The van der Waals surface area contributed by atoms with Gasteiger partial charge in [0.2, 0.25) is 0 Å². The van der Waals surface area contributed by atoms with Crippen LogP contribution in [0.1, 0.15) is 34.3 Å². The number of morpholine rings is 1. The van der Waals surface area contributed by atoms with Gasteiger partial charge in [-0.15, -0.1) is 11.8 Å². The number of nitrogens with zero attached hydrogens (tertiary/aromatic N) is 4. The van der Waals surface area contributed by atoms with Gasteiger partial charge in [0.15, 0.2) is 0 Å². The van der Waals surface area contributed by atoms with E-state index in [1.165, 1.54) is 23.3 Å². The number of hydrogen-bond donors (Lipinski definition) is 2. The number of carbonyl (C=O) groups is 1. The molecule has 0 radical (unpaired) electrons. The zero-order valence-corrected chi connectivity index (χ0v) is 36.1. The largest absolute Gasteiger partial charge is 0.379 e. The number of nitro groups is 1. The molecule has 1 amide bonds. The number of amides is 1. The first-order chi connectivity index (χ1) is 29.6. The Morgan fingerprint density at radius 1 is 0.902 bits per heavy atom. The first kappa shape index (κ1) is 42.7. The van der Waals surface area contributed by atoms with Crippen LogP contribution < -0.4 is 14.9 Å². The third-order valence-electron chi connectivity index (χ3n) is 11.7. The van der Waals surface area contributed by atoms with Crippen molar-refractivity contribution in [3.8, 4) is 11.1 Å². The molecule has 0 bridgehead atoms. The lowest BCUT2D eigenvalue weighted by atomic mass is 9.92. The molecule has 0 aliphatic carbocycles. The minimum Gasteiger partial charge on any atom is -0.379 e. The highest BCUT2D eigenvalue weighted by Crippen LogP contribution is 2.35. The Hall–Kier alpha value is -4.96. The van der Waals surface area contributed by atoms with Crippen LogP contribution in [0, 0.1) is 10.1 Å². The Balaban J connectivity index is 0.914. The van der Waals surface area contributed by atoms with Gasteiger partial charge in [0.1, 0.15) is 5.69 Å². The zero-order valence-electron chi connectivity index (χ0n) is 33.7. The fraction of sp³-hybridized carbons (Fsp3) is 0.326. The minimum absolute atomic E-state index is 0.152. The van der Waals surface area contributed by atoms with Crippen LogP contribution in [0.15, 0.2) is 125 Å². The number of carbonyl (C=O) groups excluding carboxylic acids is 1. The van der Waals surface area contributed by atoms with Crippen LogP contribution in [0.3, 0.4) is 0 Å². The number of rotatable bonds is 15. The quantitative estimate of drug-likeness (QED) is 0.0602. The molecule has 2 atom stereocenters. The predicted molar refractivity (Wildman–Crippen MR) is 242 cm³/mol. The van der Waals surface area contributed by atoms with Crippen LogP contribution in [0.5, 0.6) is 0 Å². The Morgan fingerprint density at radius 2 is 1.67 bits per heavy atom. The van der Waals surface area contributed by atoms with Gasteiger partial charge in [0.05, 0.1) is 23.0 Å². The molecule has 0 spiro atoms. The smallest absolute Gasteiger partial charge is 0.293 e. The van der Waals surface area contributed by atoms with Gasteiger partial charge >= 0.3 is 0 Å². The van der Waals surface area contributed by atoms with Crippen molar-refractivity contribution in [1.29, 1.82) is 0 Å². The maximum absolute atomic E-state index is 13.6. The normalized spacial score (nSPS) is 17.5. The number of ether oxygens (including phenoxy) is 1. The molecular formula is C46H49ClN6O6S2. The summed E-state index contributed by atoms with van der Waals surface area (Å²) < 4.78 is 34.9. The van der Waals surface area contributed by atoms with Crippen molar-refractivity contribution in [3.63, 3.8) is 0 Å². The summed E-state index contributed by atoms with van der Waals surface area (Å²) in [5, 5.41) is 16.4. The van der Waals surface area contributed by atoms with E-state index in [1.807, 2.05) is 48.5 Å². The monoisotopic (exact) mass is 880 g/mol. The maximum Gasteiger partial charge on any atom is 0.293 e. The van der Waals surface area contributed by atoms with Crippen LogP contribution in [0.25, 0.3) is 11.1 Å². The average molecular weight is 882 g/mol. The molecular weight excluding hydrogens is 832 g/mol. The number of thioether (sulfide) groups is 1. The molecule has 61 heavy (non-hydrogen) atoms. The third kappa shape index (κ3) is 10.6. The molecule has 3 aliphatic rings. The summed E-state index contributed by atoms with van der Waals surface area (Å²) in [4.78, 5) is 33.2. The lowest BCUT2D eigenvalue weighted by Crippen LogP contribution is -2.54. The van der Waals surface area contributed by atoms with E-state index in [-0.39, 0.29) is 27.9 Å². The third-order valence-corrected chi connectivity index (χ3v) is 14.4. The van der Waals surface area contributed by atoms with Gasteiger partial charge in [-0.25, -0.2) is 13.1 Å². The lowest BCUT2D eigenvalue weighted by Gasteiger charge is -2.46. The number of anilines is 2. The van der Waals surface area contributed by atoms with E-state index >= 15 is 0 Å². The Kier molecular flexibility index (Phi) is 13.6. The molecule has 2 N–H and O–H groups in total. The van der Waals surface area contributed by atoms with E-state index < -0.39 is 20.9 Å². The minimum atomic E-state index is -4.45. The summed E-state index contributed by atoms with van der Waals surface area (Å²) in [5.41, 5.74) is 5.69. The summed E-state index contributed by atoms with van der Waals surface area (Å²) in [6.07, 6.45) is 2.36. The topological polar surface area (TPSA) is 137 Å². The first-order valence-electron chi connectivity index (χ1n) is 20.7. The molecule has 0 saturated carbocycles. The van der Waals surface area contributed by atoms with Crippen molar-refractivity contribution in [1.82, 2.24) is 14.5 Å². The van der Waals surface area contributed by atoms with Crippen molar-refractivity contribution in [2.24, 2.45) is 0 Å². The Bertz CT molecular complexity index is 2450. The summed E-state index contributed by atoms with van der Waals surface area (Å²) in [6, 6.07) is 35.6. The zero-order chi connectivity index (χ0) is 42.3. The summed E-state index contributed by atoms with van der Waals surface area (Å²) in [5.74, 6) is -0.153. The van der Waals surface area contributed by atoms with Gasteiger partial charge in [0, 0.05) is 90.9 Å². The number of sulfonamides is 1. The highest BCUT2D eigenvalue weighted by Gasteiger charge is 2.33. The van der Waals surface area contributed by atoms with Gasteiger partial charge in [-0.1, -0.05) is 66.2 Å². The summed E-state index contributed by atoms with van der Waals surface area (Å²) in [6.45, 7) is 7.19. The van der Waals surface area contributed by atoms with Gasteiger partial charge in [-0.2, -0.15) is 0 Å². The molecule has 5 aromatic rings. The second-order valence-electron chi connectivity index (χ2n) is 15.7. The van der Waals surface area contributed by atoms with E-state index in [2.05, 4.69) is 61.1 Å². The Labute approximate surface area is 366 Å². The van der Waals surface area contributed by atoms with Crippen molar-refractivity contribution in [2.75, 3.05) is 68.5 Å². The summed E-state index contributed by atoms with van der Waals surface area (Å²) in [7, 11) is -4.45. The predicted octanol–water partition coefficient (Wildman–Crippen LogP) is 7.97. The van der Waals surface area contributed by atoms with E-state index in [0.29, 0.717) is 36.5 Å². The summed E-state index contributed by atoms with van der Waals surface area (Å²) >= 11 is 7.81. The fourth-order valence-corrected chi connectivity index (χ4v) is 10.6. The molecule has 318 valence electrons. The highest BCUT2D eigenvalue weighted by molar-refractivity contribution is 7.99. The van der Waals surface area contributed by atoms with Crippen molar-refractivity contribution >= 4 is 56.4 Å². The average Bonchev–Trinajstić information content (AvgIpc) is 3.28. The number of hydrogen-bond acceptors (Lipinski definition) is 11. The number of fused-ring (bicyclic) bond motifs is 3. The SMILES string of the molecule is O=C(NS(=O)(=O)c1ccc(N[C@@H](CCN2CCOCC2)CSc2ccccc2)c([N+](=O)[O-])c1)c1ccc2c(c1)CC[C@H]1CN(Cc3ccccc3-c3ccc(Cl)cc3)CCN21.